The minimum atomic E-state index is 0.724. The van der Waals surface area contributed by atoms with Crippen molar-refractivity contribution in [2.24, 2.45) is 0 Å². The Balaban J connectivity index is 2.07. The molecule has 0 spiro atoms. The maximum absolute atomic E-state index is 4.19. The summed E-state index contributed by atoms with van der Waals surface area (Å²) in [4.78, 5) is 5.01. The zero-order valence-electron chi connectivity index (χ0n) is 11.2. The predicted molar refractivity (Wildman–Crippen MR) is 73.9 cm³/mol. The summed E-state index contributed by atoms with van der Waals surface area (Å²) in [6.45, 7) is 9.88. The third-order valence-electron chi connectivity index (χ3n) is 3.90. The fourth-order valence-corrected chi connectivity index (χ4v) is 2.79. The van der Waals surface area contributed by atoms with Crippen LogP contribution in [0.4, 0.5) is 0 Å². The van der Waals surface area contributed by atoms with Gasteiger partial charge in [0.1, 0.15) is 0 Å². The molecule has 94 valence electrons. The Labute approximate surface area is 105 Å². The van der Waals surface area contributed by atoms with Crippen molar-refractivity contribution in [3.8, 4) is 0 Å². The lowest BCUT2D eigenvalue weighted by molar-refractivity contribution is 0.164. The highest BCUT2D eigenvalue weighted by atomic mass is 15.2. The second-order valence-electron chi connectivity index (χ2n) is 5.16. The van der Waals surface area contributed by atoms with Gasteiger partial charge in [-0.3, -0.25) is 0 Å². The summed E-state index contributed by atoms with van der Waals surface area (Å²) in [7, 11) is 2.22. The van der Waals surface area contributed by atoms with Gasteiger partial charge in [0.2, 0.25) is 0 Å². The molecule has 0 radical (unpaired) electrons. The number of piperidine rings is 1. The van der Waals surface area contributed by atoms with Crippen LogP contribution in [-0.2, 0) is 0 Å². The van der Waals surface area contributed by atoms with Gasteiger partial charge in [0.15, 0.2) is 0 Å². The SMILES string of the molecule is C=C1CCN(C2CCN(C)CC2)/C1=C/C=C\C. The lowest BCUT2D eigenvalue weighted by atomic mass is 10.0. The molecule has 2 heteroatoms. The zero-order chi connectivity index (χ0) is 12.3. The second kappa shape index (κ2) is 5.54. The normalized spacial score (nSPS) is 26.6. The van der Waals surface area contributed by atoms with Gasteiger partial charge in [0, 0.05) is 18.3 Å². The quantitative estimate of drug-likeness (QED) is 0.722. The molecule has 2 saturated heterocycles. The summed E-state index contributed by atoms with van der Waals surface area (Å²) in [5.41, 5.74) is 2.68. The molecule has 0 atom stereocenters. The van der Waals surface area contributed by atoms with E-state index in [2.05, 4.69) is 48.6 Å². The van der Waals surface area contributed by atoms with E-state index in [1.807, 2.05) is 0 Å². The Kier molecular flexibility index (Phi) is 4.06. The van der Waals surface area contributed by atoms with Crippen LogP contribution in [0.1, 0.15) is 26.2 Å². The van der Waals surface area contributed by atoms with Crippen LogP contribution in [0.25, 0.3) is 0 Å². The number of allylic oxidation sites excluding steroid dienone is 4. The van der Waals surface area contributed by atoms with Crippen molar-refractivity contribution in [1.82, 2.24) is 9.80 Å². The Morgan fingerprint density at radius 3 is 2.59 bits per heavy atom. The van der Waals surface area contributed by atoms with E-state index in [4.69, 9.17) is 0 Å². The molecular formula is C15H24N2. The Hall–Kier alpha value is -1.02. The fraction of sp³-hybridized carbons (Fsp3) is 0.600. The van der Waals surface area contributed by atoms with Gasteiger partial charge in [-0.2, -0.15) is 0 Å². The maximum atomic E-state index is 4.19. The highest BCUT2D eigenvalue weighted by molar-refractivity contribution is 5.35. The summed E-state index contributed by atoms with van der Waals surface area (Å²) in [6, 6.07) is 0.724. The van der Waals surface area contributed by atoms with Crippen LogP contribution in [0.5, 0.6) is 0 Å². The summed E-state index contributed by atoms with van der Waals surface area (Å²) >= 11 is 0. The van der Waals surface area contributed by atoms with E-state index >= 15 is 0 Å². The summed E-state index contributed by atoms with van der Waals surface area (Å²) in [5.74, 6) is 0. The highest BCUT2D eigenvalue weighted by Gasteiger charge is 2.29. The number of hydrogen-bond acceptors (Lipinski definition) is 2. The first kappa shape index (κ1) is 12.4. The molecule has 0 saturated carbocycles. The summed E-state index contributed by atoms with van der Waals surface area (Å²) in [5, 5.41) is 0. The van der Waals surface area contributed by atoms with Gasteiger partial charge >= 0.3 is 0 Å². The predicted octanol–water partition coefficient (Wildman–Crippen LogP) is 2.80. The van der Waals surface area contributed by atoms with Gasteiger partial charge in [0.05, 0.1) is 0 Å². The molecule has 17 heavy (non-hydrogen) atoms. The molecule has 0 aromatic rings. The highest BCUT2D eigenvalue weighted by Crippen LogP contribution is 2.31. The van der Waals surface area contributed by atoms with Crippen LogP contribution in [0.2, 0.25) is 0 Å². The molecule has 0 amide bonds. The van der Waals surface area contributed by atoms with Crippen LogP contribution in [0.15, 0.2) is 36.1 Å². The lowest BCUT2D eigenvalue weighted by Crippen LogP contribution is -2.41. The Bertz CT molecular complexity index is 333. The van der Waals surface area contributed by atoms with Crippen molar-refractivity contribution in [3.05, 3.63) is 36.1 Å². The van der Waals surface area contributed by atoms with Crippen molar-refractivity contribution in [2.45, 2.75) is 32.2 Å². The first-order valence-corrected chi connectivity index (χ1v) is 6.68. The second-order valence-corrected chi connectivity index (χ2v) is 5.16. The largest absolute Gasteiger partial charge is 0.368 e. The van der Waals surface area contributed by atoms with Gasteiger partial charge in [-0.15, -0.1) is 0 Å². The first-order valence-electron chi connectivity index (χ1n) is 6.68. The van der Waals surface area contributed by atoms with Crippen LogP contribution in [-0.4, -0.2) is 42.5 Å². The number of likely N-dealkylation sites (tertiary alicyclic amines) is 2. The van der Waals surface area contributed by atoms with Gasteiger partial charge in [-0.1, -0.05) is 18.7 Å². The van der Waals surface area contributed by atoms with Crippen LogP contribution in [0.3, 0.4) is 0 Å². The molecule has 0 aromatic carbocycles. The van der Waals surface area contributed by atoms with E-state index in [0.717, 1.165) is 19.0 Å². The third kappa shape index (κ3) is 2.81. The number of rotatable bonds is 2. The standard InChI is InChI=1S/C15H24N2/c1-4-5-6-15-13(2)7-12-17(15)14-8-10-16(3)11-9-14/h4-6,14H,2,7-12H2,1,3H3/b5-4-,15-6+. The van der Waals surface area contributed by atoms with E-state index < -0.39 is 0 Å². The van der Waals surface area contributed by atoms with Crippen LogP contribution in [0, 0.1) is 0 Å². The Morgan fingerprint density at radius 2 is 1.94 bits per heavy atom. The van der Waals surface area contributed by atoms with Crippen molar-refractivity contribution in [1.29, 1.82) is 0 Å². The molecule has 2 heterocycles. The van der Waals surface area contributed by atoms with Crippen molar-refractivity contribution in [2.75, 3.05) is 26.7 Å². The molecule has 2 nitrogen and oxygen atoms in total. The van der Waals surface area contributed by atoms with Gasteiger partial charge in [-0.05, 0) is 58.0 Å². The Morgan fingerprint density at radius 1 is 1.24 bits per heavy atom. The number of nitrogens with zero attached hydrogens (tertiary/aromatic N) is 2. The van der Waals surface area contributed by atoms with E-state index in [9.17, 15) is 0 Å². The molecule has 0 aliphatic carbocycles. The maximum Gasteiger partial charge on any atom is 0.0395 e. The van der Waals surface area contributed by atoms with Crippen LogP contribution < -0.4 is 0 Å². The minimum Gasteiger partial charge on any atom is -0.368 e. The van der Waals surface area contributed by atoms with Crippen molar-refractivity contribution >= 4 is 0 Å². The van der Waals surface area contributed by atoms with E-state index in [1.165, 1.54) is 37.2 Å². The van der Waals surface area contributed by atoms with Crippen LogP contribution >= 0.6 is 0 Å². The molecule has 0 aromatic heterocycles. The molecule has 2 aliphatic rings. The third-order valence-corrected chi connectivity index (χ3v) is 3.90. The van der Waals surface area contributed by atoms with E-state index in [1.54, 1.807) is 0 Å². The summed E-state index contributed by atoms with van der Waals surface area (Å²) < 4.78 is 0. The molecular weight excluding hydrogens is 208 g/mol. The fourth-order valence-electron chi connectivity index (χ4n) is 2.79. The molecule has 2 rings (SSSR count). The smallest absolute Gasteiger partial charge is 0.0395 e. The molecule has 0 unspecified atom stereocenters. The lowest BCUT2D eigenvalue weighted by Gasteiger charge is -2.36. The van der Waals surface area contributed by atoms with Gasteiger partial charge < -0.3 is 9.80 Å². The van der Waals surface area contributed by atoms with E-state index in [0.29, 0.717) is 0 Å². The van der Waals surface area contributed by atoms with Crippen molar-refractivity contribution in [3.63, 3.8) is 0 Å². The zero-order valence-corrected chi connectivity index (χ0v) is 11.2. The topological polar surface area (TPSA) is 6.48 Å². The molecule has 2 aliphatic heterocycles. The van der Waals surface area contributed by atoms with E-state index in [-0.39, 0.29) is 0 Å². The molecule has 0 bridgehead atoms. The molecule has 2 fully saturated rings. The first-order chi connectivity index (χ1) is 8.22. The van der Waals surface area contributed by atoms with Crippen molar-refractivity contribution < 1.29 is 0 Å². The van der Waals surface area contributed by atoms with Gasteiger partial charge in [-0.25, -0.2) is 0 Å². The monoisotopic (exact) mass is 232 g/mol. The average molecular weight is 232 g/mol. The van der Waals surface area contributed by atoms with Gasteiger partial charge in [0.25, 0.3) is 0 Å². The minimum absolute atomic E-state index is 0.724. The molecule has 0 N–H and O–H groups in total. The summed E-state index contributed by atoms with van der Waals surface area (Å²) in [6.07, 6.45) is 10.2. The average Bonchev–Trinajstić information content (AvgIpc) is 2.69. The number of hydrogen-bond donors (Lipinski definition) is 0.